The predicted octanol–water partition coefficient (Wildman–Crippen LogP) is 4.83. The van der Waals surface area contributed by atoms with Crippen LogP contribution < -0.4 is 5.32 Å². The lowest BCUT2D eigenvalue weighted by molar-refractivity contribution is -0.141. The molecule has 10 heteroatoms. The first-order valence-electron chi connectivity index (χ1n) is 9.99. The summed E-state index contributed by atoms with van der Waals surface area (Å²) in [6.45, 7) is 5.16. The van der Waals surface area contributed by atoms with E-state index in [1.807, 2.05) is 5.38 Å². The third kappa shape index (κ3) is 5.31. The van der Waals surface area contributed by atoms with Crippen LogP contribution in [0.25, 0.3) is 5.69 Å². The topological polar surface area (TPSA) is 63.1 Å². The first-order valence-corrected chi connectivity index (χ1v) is 10.9. The monoisotopic (exact) mass is 449 g/mol. The van der Waals surface area contributed by atoms with E-state index in [4.69, 9.17) is 0 Å². The number of alkyl halides is 3. The molecule has 0 bridgehead atoms. The first kappa shape index (κ1) is 21.5. The molecule has 1 N–H and O–H groups in total. The van der Waals surface area contributed by atoms with E-state index < -0.39 is 11.9 Å². The molecule has 0 saturated carbocycles. The SMILES string of the molecule is CC1CCCN(Cc2csc(NC(=O)c3ccc(-n4ccc(C(F)(F)F)n4)cc3)n2)C1. The molecule has 31 heavy (non-hydrogen) atoms. The van der Waals surface area contributed by atoms with E-state index in [9.17, 15) is 18.0 Å². The highest BCUT2D eigenvalue weighted by Crippen LogP contribution is 2.28. The molecule has 1 atom stereocenters. The normalized spacial score (nSPS) is 17.6. The van der Waals surface area contributed by atoms with Crippen LogP contribution >= 0.6 is 11.3 Å². The number of piperidine rings is 1. The van der Waals surface area contributed by atoms with Gasteiger partial charge in [-0.1, -0.05) is 6.92 Å². The molecular formula is C21H22F3N5OS. The number of anilines is 1. The number of carbonyl (C=O) groups excluding carboxylic acids is 1. The second-order valence-corrected chi connectivity index (χ2v) is 8.63. The molecule has 3 heterocycles. The average Bonchev–Trinajstić information content (AvgIpc) is 3.38. The quantitative estimate of drug-likeness (QED) is 0.606. The number of benzene rings is 1. The molecule has 1 aliphatic heterocycles. The van der Waals surface area contributed by atoms with Crippen molar-refractivity contribution in [3.8, 4) is 5.69 Å². The Morgan fingerprint density at radius 2 is 2.03 bits per heavy atom. The van der Waals surface area contributed by atoms with E-state index in [1.165, 1.54) is 30.4 Å². The number of hydrogen-bond acceptors (Lipinski definition) is 5. The molecule has 4 rings (SSSR count). The van der Waals surface area contributed by atoms with Crippen molar-refractivity contribution in [1.82, 2.24) is 19.7 Å². The Balaban J connectivity index is 1.37. The van der Waals surface area contributed by atoms with E-state index >= 15 is 0 Å². The molecule has 3 aromatic rings. The lowest BCUT2D eigenvalue weighted by atomic mass is 10.0. The molecule has 1 fully saturated rings. The second-order valence-electron chi connectivity index (χ2n) is 7.77. The summed E-state index contributed by atoms with van der Waals surface area (Å²) >= 11 is 1.38. The minimum Gasteiger partial charge on any atom is -0.298 e. The Bertz CT molecular complexity index is 1040. The van der Waals surface area contributed by atoms with Crippen molar-refractivity contribution in [3.05, 3.63) is 58.9 Å². The van der Waals surface area contributed by atoms with Gasteiger partial charge in [-0.3, -0.25) is 15.0 Å². The summed E-state index contributed by atoms with van der Waals surface area (Å²) in [5, 5.41) is 8.79. The molecule has 2 aromatic heterocycles. The summed E-state index contributed by atoms with van der Waals surface area (Å²) in [5.74, 6) is 0.367. The molecule has 1 aromatic carbocycles. The number of rotatable bonds is 5. The van der Waals surface area contributed by atoms with Crippen LogP contribution in [0.2, 0.25) is 0 Å². The molecule has 0 aliphatic carbocycles. The minimum absolute atomic E-state index is 0.324. The number of hydrogen-bond donors (Lipinski definition) is 1. The van der Waals surface area contributed by atoms with E-state index in [2.05, 4.69) is 27.2 Å². The smallest absolute Gasteiger partial charge is 0.298 e. The largest absolute Gasteiger partial charge is 0.435 e. The maximum Gasteiger partial charge on any atom is 0.435 e. The standard InChI is InChI=1S/C21H22F3N5OS/c1-14-3-2-9-28(11-14)12-16-13-31-20(25-16)26-19(30)15-4-6-17(7-5-15)29-10-8-18(27-29)21(22,23)24/h4-8,10,13-14H,2-3,9,11-12H2,1H3,(H,25,26,30). The van der Waals surface area contributed by atoms with Crippen LogP contribution in [-0.4, -0.2) is 38.7 Å². The highest BCUT2D eigenvalue weighted by molar-refractivity contribution is 7.13. The number of thiazole rings is 1. The van der Waals surface area contributed by atoms with Crippen LogP contribution in [0.5, 0.6) is 0 Å². The number of likely N-dealkylation sites (tertiary alicyclic amines) is 1. The Hall–Kier alpha value is -2.72. The summed E-state index contributed by atoms with van der Waals surface area (Å²) in [6, 6.07) is 7.09. The van der Waals surface area contributed by atoms with Gasteiger partial charge in [-0.25, -0.2) is 9.67 Å². The van der Waals surface area contributed by atoms with Crippen molar-refractivity contribution in [2.75, 3.05) is 18.4 Å². The van der Waals surface area contributed by atoms with Gasteiger partial charge in [0.25, 0.3) is 5.91 Å². The van der Waals surface area contributed by atoms with Crippen LogP contribution in [0.1, 0.15) is 41.5 Å². The highest BCUT2D eigenvalue weighted by Gasteiger charge is 2.33. The molecule has 0 spiro atoms. The third-order valence-corrected chi connectivity index (χ3v) is 5.98. The number of halogens is 3. The molecule has 0 radical (unpaired) electrons. The summed E-state index contributed by atoms with van der Waals surface area (Å²) in [6.07, 6.45) is -0.805. The van der Waals surface area contributed by atoms with E-state index in [1.54, 1.807) is 24.3 Å². The lowest BCUT2D eigenvalue weighted by Gasteiger charge is -2.30. The Kier molecular flexibility index (Phi) is 6.10. The van der Waals surface area contributed by atoms with Gasteiger partial charge in [0.2, 0.25) is 0 Å². The molecule has 6 nitrogen and oxygen atoms in total. The van der Waals surface area contributed by atoms with Gasteiger partial charge in [-0.15, -0.1) is 11.3 Å². The number of aromatic nitrogens is 3. The third-order valence-electron chi connectivity index (χ3n) is 5.17. The van der Waals surface area contributed by atoms with E-state index in [0.29, 0.717) is 22.3 Å². The zero-order valence-electron chi connectivity index (χ0n) is 16.9. The van der Waals surface area contributed by atoms with Gasteiger partial charge < -0.3 is 0 Å². The maximum atomic E-state index is 12.7. The summed E-state index contributed by atoms with van der Waals surface area (Å²) in [4.78, 5) is 19.4. The number of amides is 1. The van der Waals surface area contributed by atoms with Crippen molar-refractivity contribution in [3.63, 3.8) is 0 Å². The van der Waals surface area contributed by atoms with Crippen molar-refractivity contribution in [2.45, 2.75) is 32.5 Å². The zero-order chi connectivity index (χ0) is 22.0. The first-order chi connectivity index (χ1) is 14.8. The van der Waals surface area contributed by atoms with Gasteiger partial charge in [0.1, 0.15) is 0 Å². The predicted molar refractivity (Wildman–Crippen MR) is 112 cm³/mol. The van der Waals surface area contributed by atoms with E-state index in [0.717, 1.165) is 36.1 Å². The maximum absolute atomic E-state index is 12.7. The highest BCUT2D eigenvalue weighted by atomic mass is 32.1. The van der Waals surface area contributed by atoms with Crippen LogP contribution in [0.3, 0.4) is 0 Å². The van der Waals surface area contributed by atoms with Crippen LogP contribution in [0.15, 0.2) is 41.9 Å². The molecular weight excluding hydrogens is 427 g/mol. The number of nitrogens with one attached hydrogen (secondary N) is 1. The van der Waals surface area contributed by atoms with Crippen molar-refractivity contribution < 1.29 is 18.0 Å². The lowest BCUT2D eigenvalue weighted by Crippen LogP contribution is -2.33. The van der Waals surface area contributed by atoms with Crippen LogP contribution in [0.4, 0.5) is 18.3 Å². The summed E-state index contributed by atoms with van der Waals surface area (Å²) < 4.78 is 39.2. The molecule has 1 aliphatic rings. The van der Waals surface area contributed by atoms with Crippen molar-refractivity contribution in [2.24, 2.45) is 5.92 Å². The van der Waals surface area contributed by atoms with E-state index in [-0.39, 0.29) is 5.91 Å². The molecule has 164 valence electrons. The van der Waals surface area contributed by atoms with Crippen molar-refractivity contribution >= 4 is 22.4 Å². The fourth-order valence-electron chi connectivity index (χ4n) is 3.65. The fourth-order valence-corrected chi connectivity index (χ4v) is 4.35. The Labute approximate surface area is 181 Å². The van der Waals surface area contributed by atoms with Gasteiger partial charge in [0, 0.05) is 30.2 Å². The number of carbonyl (C=O) groups is 1. The Morgan fingerprint density at radius 1 is 1.26 bits per heavy atom. The zero-order valence-corrected chi connectivity index (χ0v) is 17.7. The Morgan fingerprint density at radius 3 is 2.71 bits per heavy atom. The molecule has 1 unspecified atom stereocenters. The minimum atomic E-state index is -4.50. The molecule has 1 amide bonds. The van der Waals surface area contributed by atoms with Crippen LogP contribution in [-0.2, 0) is 12.7 Å². The second kappa shape index (κ2) is 8.80. The molecule has 1 saturated heterocycles. The fraction of sp³-hybridized carbons (Fsp3) is 0.381. The van der Waals surface area contributed by atoms with Gasteiger partial charge in [-0.2, -0.15) is 18.3 Å². The van der Waals surface area contributed by atoms with Gasteiger partial charge >= 0.3 is 6.18 Å². The average molecular weight is 450 g/mol. The summed E-state index contributed by atoms with van der Waals surface area (Å²) in [7, 11) is 0. The number of nitrogens with zero attached hydrogens (tertiary/aromatic N) is 4. The summed E-state index contributed by atoms with van der Waals surface area (Å²) in [5.41, 5.74) is 0.782. The van der Waals surface area contributed by atoms with Crippen LogP contribution in [0, 0.1) is 5.92 Å². The van der Waals surface area contributed by atoms with Gasteiger partial charge in [0.05, 0.1) is 11.4 Å². The van der Waals surface area contributed by atoms with Gasteiger partial charge in [0.15, 0.2) is 10.8 Å². The van der Waals surface area contributed by atoms with Crippen molar-refractivity contribution in [1.29, 1.82) is 0 Å². The van der Waals surface area contributed by atoms with Gasteiger partial charge in [-0.05, 0) is 55.6 Å².